The molecule has 0 aliphatic rings. The molecule has 0 aliphatic carbocycles. The Hall–Kier alpha value is -2.63. The number of alkyl halides is 1. The van der Waals surface area contributed by atoms with Crippen LogP contribution in [-0.4, -0.2) is 12.7 Å². The van der Waals surface area contributed by atoms with Gasteiger partial charge in [-0.3, -0.25) is 0 Å². The van der Waals surface area contributed by atoms with Gasteiger partial charge in [0.25, 0.3) is 0 Å². The molecule has 1 aromatic heterocycles. The summed E-state index contributed by atoms with van der Waals surface area (Å²) in [5.41, 5.74) is 8.76. The molecule has 2 aromatic carbocycles. The van der Waals surface area contributed by atoms with Crippen LogP contribution in [-0.2, 0) is 0 Å². The van der Waals surface area contributed by atoms with Gasteiger partial charge in [-0.1, -0.05) is 23.3 Å². The first-order valence-electron chi connectivity index (χ1n) is 7.22. The van der Waals surface area contributed by atoms with Crippen LogP contribution in [0.5, 0.6) is 5.75 Å². The van der Waals surface area contributed by atoms with Crippen molar-refractivity contribution in [3.63, 3.8) is 0 Å². The van der Waals surface area contributed by atoms with E-state index in [9.17, 15) is 8.78 Å². The smallest absolute Gasteiger partial charge is 0.155 e. The van der Waals surface area contributed by atoms with E-state index < -0.39 is 24.6 Å². The lowest BCUT2D eigenvalue weighted by molar-refractivity contribution is 0.106. The highest BCUT2D eigenvalue weighted by Crippen LogP contribution is 2.34. The number of azide groups is 1. The van der Waals surface area contributed by atoms with Crippen molar-refractivity contribution in [2.45, 2.75) is 12.3 Å². The predicted octanol–water partition coefficient (Wildman–Crippen LogP) is 5.81. The molecule has 7 heteroatoms. The zero-order valence-corrected chi connectivity index (χ0v) is 13.3. The number of ether oxygens (including phenoxy) is 1. The van der Waals surface area contributed by atoms with Crippen molar-refractivity contribution in [1.82, 2.24) is 0 Å². The Bertz CT molecular complexity index is 892. The highest BCUT2D eigenvalue weighted by molar-refractivity contribution is 7.17. The number of benzene rings is 2. The summed E-state index contributed by atoms with van der Waals surface area (Å²) < 4.78 is 35.0. The van der Waals surface area contributed by atoms with Crippen molar-refractivity contribution in [3.05, 3.63) is 75.7 Å². The quantitative estimate of drug-likeness (QED) is 0.316. The predicted molar refractivity (Wildman–Crippen MR) is 90.5 cm³/mol. The topological polar surface area (TPSA) is 58.0 Å². The Morgan fingerprint density at radius 2 is 2.04 bits per heavy atom. The van der Waals surface area contributed by atoms with E-state index in [4.69, 9.17) is 10.3 Å². The summed E-state index contributed by atoms with van der Waals surface area (Å²) in [5.74, 6) is 0.0254. The van der Waals surface area contributed by atoms with Gasteiger partial charge in [0.15, 0.2) is 6.10 Å². The van der Waals surface area contributed by atoms with Crippen molar-refractivity contribution in [2.75, 3.05) is 6.54 Å². The van der Waals surface area contributed by atoms with Gasteiger partial charge in [0.2, 0.25) is 0 Å². The van der Waals surface area contributed by atoms with Crippen LogP contribution in [0.3, 0.4) is 0 Å². The number of halogens is 2. The van der Waals surface area contributed by atoms with E-state index in [0.29, 0.717) is 11.3 Å². The van der Waals surface area contributed by atoms with Crippen molar-refractivity contribution in [1.29, 1.82) is 0 Å². The van der Waals surface area contributed by atoms with Gasteiger partial charge in [0.1, 0.15) is 17.7 Å². The van der Waals surface area contributed by atoms with Crippen LogP contribution >= 0.6 is 11.3 Å². The summed E-state index contributed by atoms with van der Waals surface area (Å²) in [7, 11) is 0. The van der Waals surface area contributed by atoms with Crippen LogP contribution in [0.4, 0.5) is 8.78 Å². The Morgan fingerprint density at radius 3 is 2.83 bits per heavy atom. The van der Waals surface area contributed by atoms with E-state index in [0.717, 1.165) is 10.1 Å². The maximum atomic E-state index is 14.6. The lowest BCUT2D eigenvalue weighted by Gasteiger charge is -2.23. The molecule has 0 N–H and O–H groups in total. The van der Waals surface area contributed by atoms with Crippen LogP contribution in [0.25, 0.3) is 20.5 Å². The summed E-state index contributed by atoms with van der Waals surface area (Å²) in [6, 6.07) is 13.0. The van der Waals surface area contributed by atoms with Crippen LogP contribution in [0.2, 0.25) is 0 Å². The van der Waals surface area contributed by atoms with Gasteiger partial charge in [-0.25, -0.2) is 8.78 Å². The highest BCUT2D eigenvalue weighted by Gasteiger charge is 2.25. The largest absolute Gasteiger partial charge is 0.482 e. The van der Waals surface area contributed by atoms with Crippen LogP contribution in [0, 0.1) is 5.82 Å². The summed E-state index contributed by atoms with van der Waals surface area (Å²) in [6.07, 6.45) is -2.67. The Balaban J connectivity index is 1.98. The summed E-state index contributed by atoms with van der Waals surface area (Å²) in [5, 5.41) is 6.05. The van der Waals surface area contributed by atoms with Gasteiger partial charge < -0.3 is 4.74 Å². The van der Waals surface area contributed by atoms with E-state index in [1.54, 1.807) is 23.5 Å². The van der Waals surface area contributed by atoms with Crippen molar-refractivity contribution in [2.24, 2.45) is 5.11 Å². The molecule has 1 heterocycles. The van der Waals surface area contributed by atoms with Crippen LogP contribution in [0.15, 0.2) is 59.0 Å². The standard InChI is InChI=1S/C17H13F2N3OS/c18-12-4-1-3-11(9-12)17(14(19)10-21-22-20)23-15-5-2-6-16-13(15)7-8-24-16/h1-9,14,17H,10H2/t14-,17-/m0/s1. The molecule has 122 valence electrons. The van der Waals surface area contributed by atoms with Gasteiger partial charge in [0.05, 0.1) is 6.54 Å². The average molecular weight is 345 g/mol. The number of rotatable bonds is 6. The molecule has 0 saturated heterocycles. The molecular weight excluding hydrogens is 332 g/mol. The number of hydrogen-bond donors (Lipinski definition) is 0. The average Bonchev–Trinajstić information content (AvgIpc) is 3.07. The summed E-state index contributed by atoms with van der Waals surface area (Å²) >= 11 is 1.55. The third kappa shape index (κ3) is 3.48. The van der Waals surface area contributed by atoms with E-state index in [-0.39, 0.29) is 0 Å². The Morgan fingerprint density at radius 1 is 1.21 bits per heavy atom. The van der Waals surface area contributed by atoms with E-state index in [1.807, 2.05) is 23.6 Å². The lowest BCUT2D eigenvalue weighted by atomic mass is 10.0. The van der Waals surface area contributed by atoms with Gasteiger partial charge in [0, 0.05) is 15.0 Å². The number of nitrogens with zero attached hydrogens (tertiary/aromatic N) is 3. The number of hydrogen-bond acceptors (Lipinski definition) is 3. The first-order valence-corrected chi connectivity index (χ1v) is 8.10. The zero-order chi connectivity index (χ0) is 16.9. The molecule has 0 saturated carbocycles. The minimum atomic E-state index is -1.60. The minimum Gasteiger partial charge on any atom is -0.482 e. The molecule has 3 rings (SSSR count). The van der Waals surface area contributed by atoms with Gasteiger partial charge in [-0.05, 0) is 46.8 Å². The zero-order valence-electron chi connectivity index (χ0n) is 12.5. The van der Waals surface area contributed by atoms with Crippen molar-refractivity contribution < 1.29 is 13.5 Å². The number of fused-ring (bicyclic) bond motifs is 1. The molecule has 0 spiro atoms. The maximum Gasteiger partial charge on any atom is 0.155 e. The monoisotopic (exact) mass is 345 g/mol. The third-order valence-electron chi connectivity index (χ3n) is 3.53. The normalized spacial score (nSPS) is 13.2. The SMILES string of the molecule is [N-]=[N+]=NC[C@H](F)[C@@H](Oc1cccc2sccc12)c1cccc(F)c1. The van der Waals surface area contributed by atoms with E-state index >= 15 is 0 Å². The second kappa shape index (κ2) is 7.29. The minimum absolute atomic E-state index is 0.350. The first-order chi connectivity index (χ1) is 11.7. The molecule has 0 fully saturated rings. The molecule has 0 aliphatic heterocycles. The fourth-order valence-electron chi connectivity index (χ4n) is 2.45. The molecule has 24 heavy (non-hydrogen) atoms. The summed E-state index contributed by atoms with van der Waals surface area (Å²) in [6.45, 7) is -0.392. The fraction of sp³-hybridized carbons (Fsp3) is 0.176. The molecule has 0 amide bonds. The number of thiophene rings is 1. The third-order valence-corrected chi connectivity index (χ3v) is 4.42. The molecule has 3 aromatic rings. The fourth-order valence-corrected chi connectivity index (χ4v) is 3.25. The van der Waals surface area contributed by atoms with Crippen molar-refractivity contribution >= 4 is 21.4 Å². The van der Waals surface area contributed by atoms with Gasteiger partial charge in [-0.2, -0.15) is 0 Å². The summed E-state index contributed by atoms with van der Waals surface area (Å²) in [4.78, 5) is 2.58. The Labute approximate surface area is 140 Å². The molecule has 0 unspecified atom stereocenters. The molecule has 0 radical (unpaired) electrons. The first kappa shape index (κ1) is 16.2. The van der Waals surface area contributed by atoms with Gasteiger partial charge >= 0.3 is 0 Å². The second-order valence-electron chi connectivity index (χ2n) is 5.11. The molecule has 0 bridgehead atoms. The molecule has 4 nitrogen and oxygen atoms in total. The second-order valence-corrected chi connectivity index (χ2v) is 6.06. The van der Waals surface area contributed by atoms with E-state index in [2.05, 4.69) is 10.0 Å². The van der Waals surface area contributed by atoms with Gasteiger partial charge in [-0.15, -0.1) is 11.3 Å². The lowest BCUT2D eigenvalue weighted by Crippen LogP contribution is -2.23. The molecular formula is C17H13F2N3OS. The van der Waals surface area contributed by atoms with Crippen LogP contribution < -0.4 is 4.74 Å². The Kier molecular flexibility index (Phi) is 4.93. The van der Waals surface area contributed by atoms with Crippen molar-refractivity contribution in [3.8, 4) is 5.75 Å². The molecule has 2 atom stereocenters. The maximum absolute atomic E-state index is 14.6. The van der Waals surface area contributed by atoms with E-state index in [1.165, 1.54) is 18.2 Å². The van der Waals surface area contributed by atoms with Crippen LogP contribution in [0.1, 0.15) is 11.7 Å². The highest BCUT2D eigenvalue weighted by atomic mass is 32.1.